The lowest BCUT2D eigenvalue weighted by molar-refractivity contribution is 0.386. The molecule has 174 valence electrons. The number of rotatable bonds is 5. The molecule has 0 radical (unpaired) electrons. The molecule has 0 aliphatic carbocycles. The average molecular weight is 453 g/mol. The molecule has 33 heavy (non-hydrogen) atoms. The van der Waals surface area contributed by atoms with Crippen LogP contribution >= 0.6 is 0 Å². The molecule has 2 fully saturated rings. The predicted octanol–water partition coefficient (Wildman–Crippen LogP) is 4.67. The normalized spacial score (nSPS) is 21.8. The Balaban J connectivity index is 1.86. The Bertz CT molecular complexity index is 1280. The van der Waals surface area contributed by atoms with Gasteiger partial charge in [0, 0.05) is 63.3 Å². The largest absolute Gasteiger partial charge is 0.386 e. The van der Waals surface area contributed by atoms with E-state index in [0.717, 1.165) is 42.9 Å². The van der Waals surface area contributed by atoms with Crippen molar-refractivity contribution < 1.29 is 8.78 Å². The quantitative estimate of drug-likeness (QED) is 0.553. The van der Waals surface area contributed by atoms with Crippen molar-refractivity contribution in [1.82, 2.24) is 14.9 Å². The van der Waals surface area contributed by atoms with Gasteiger partial charge in [-0.1, -0.05) is 6.08 Å². The Labute approximate surface area is 192 Å². The molecule has 0 bridgehead atoms. The number of hydrogen-bond acceptors (Lipinski definition) is 5. The van der Waals surface area contributed by atoms with Crippen LogP contribution in [0.4, 0.5) is 20.2 Å². The van der Waals surface area contributed by atoms with Crippen molar-refractivity contribution in [3.05, 3.63) is 35.5 Å². The number of likely N-dealkylation sites (tertiary alicyclic amines) is 1. The maximum absolute atomic E-state index is 15.4. The molecule has 2 aliphatic rings. The summed E-state index contributed by atoms with van der Waals surface area (Å²) in [5.41, 5.74) is 4.33. The van der Waals surface area contributed by atoms with E-state index in [-0.39, 0.29) is 5.39 Å². The lowest BCUT2D eigenvalue weighted by Gasteiger charge is -2.29. The monoisotopic (exact) mass is 452 g/mol. The minimum Gasteiger partial charge on any atom is -0.386 e. The number of aromatic amines is 1. The zero-order valence-corrected chi connectivity index (χ0v) is 19.5. The molecule has 4 heterocycles. The van der Waals surface area contributed by atoms with Crippen molar-refractivity contribution in [2.24, 2.45) is 10.9 Å². The minimum atomic E-state index is -0.872. The average Bonchev–Trinajstić information content (AvgIpc) is 3.48. The summed E-state index contributed by atoms with van der Waals surface area (Å²) in [6.07, 6.45) is 6.77. The molecular weight excluding hydrogens is 422 g/mol. The number of hydrogen-bond donors (Lipinski definition) is 2. The molecule has 6 nitrogen and oxygen atoms in total. The van der Waals surface area contributed by atoms with Crippen molar-refractivity contribution in [1.29, 1.82) is 0 Å². The molecule has 0 saturated carbocycles. The number of nitrogens with one attached hydrogen (secondary N) is 2. The van der Waals surface area contributed by atoms with Gasteiger partial charge in [-0.05, 0) is 38.8 Å². The van der Waals surface area contributed by atoms with Gasteiger partial charge in [0.2, 0.25) is 0 Å². The molecule has 0 unspecified atom stereocenters. The number of benzene rings is 1. The third-order valence-electron chi connectivity index (χ3n) is 7.09. The van der Waals surface area contributed by atoms with Crippen LogP contribution < -0.4 is 10.2 Å². The third kappa shape index (κ3) is 3.39. The van der Waals surface area contributed by atoms with Crippen LogP contribution in [0.5, 0.6) is 0 Å². The number of H-pyrrole nitrogens is 1. The first-order chi connectivity index (χ1) is 16.0. The Hall–Kier alpha value is -3.00. The fourth-order valence-electron chi connectivity index (χ4n) is 5.59. The maximum atomic E-state index is 15.4. The molecule has 2 atom stereocenters. The van der Waals surface area contributed by atoms with Gasteiger partial charge in [-0.15, -0.1) is 0 Å². The van der Waals surface area contributed by atoms with Gasteiger partial charge in [-0.25, -0.2) is 13.8 Å². The summed E-state index contributed by atoms with van der Waals surface area (Å²) in [5, 5.41) is 3.87. The molecule has 0 spiro atoms. The highest BCUT2D eigenvalue weighted by Crippen LogP contribution is 2.45. The van der Waals surface area contributed by atoms with Crippen molar-refractivity contribution in [2.75, 3.05) is 50.5 Å². The summed E-state index contributed by atoms with van der Waals surface area (Å²) in [6, 6.07) is 1.52. The van der Waals surface area contributed by atoms with Crippen LogP contribution in [0.25, 0.3) is 27.5 Å². The first-order valence-corrected chi connectivity index (χ1v) is 11.6. The van der Waals surface area contributed by atoms with E-state index >= 15 is 4.39 Å². The molecule has 5 rings (SSSR count). The number of likely N-dealkylation sites (N-methyl/N-ethyl adjacent to an activating group) is 1. The minimum absolute atomic E-state index is 0.247. The smallest absolute Gasteiger partial charge is 0.169 e. The number of aromatic nitrogens is 2. The number of allylic oxidation sites excluding steroid dienone is 2. The summed E-state index contributed by atoms with van der Waals surface area (Å²) < 4.78 is 30.0. The van der Waals surface area contributed by atoms with Gasteiger partial charge in [-0.2, -0.15) is 0 Å². The van der Waals surface area contributed by atoms with E-state index in [2.05, 4.69) is 37.1 Å². The van der Waals surface area contributed by atoms with Crippen LogP contribution in [0, 0.1) is 17.6 Å². The van der Waals surface area contributed by atoms with E-state index in [0.29, 0.717) is 40.7 Å². The lowest BCUT2D eigenvalue weighted by Crippen LogP contribution is -2.35. The van der Waals surface area contributed by atoms with Gasteiger partial charge in [0.05, 0.1) is 27.7 Å². The van der Waals surface area contributed by atoms with Crippen LogP contribution in [0.1, 0.15) is 25.8 Å². The van der Waals surface area contributed by atoms with Crippen LogP contribution in [0.15, 0.2) is 23.3 Å². The van der Waals surface area contributed by atoms with Crippen molar-refractivity contribution in [3.63, 3.8) is 0 Å². The Kier molecular flexibility index (Phi) is 5.56. The van der Waals surface area contributed by atoms with Gasteiger partial charge in [0.1, 0.15) is 5.65 Å². The number of fused-ring (bicyclic) bond motifs is 4. The summed E-state index contributed by atoms with van der Waals surface area (Å²) in [7, 11) is 3.85. The number of anilines is 2. The lowest BCUT2D eigenvalue weighted by atomic mass is 10.00. The number of pyridine rings is 1. The van der Waals surface area contributed by atoms with Crippen LogP contribution in [-0.4, -0.2) is 67.4 Å². The Morgan fingerprint density at radius 2 is 2.15 bits per heavy atom. The van der Waals surface area contributed by atoms with Crippen LogP contribution in [0.2, 0.25) is 0 Å². The van der Waals surface area contributed by atoms with Gasteiger partial charge >= 0.3 is 0 Å². The molecule has 1 aromatic carbocycles. The molecule has 0 amide bonds. The van der Waals surface area contributed by atoms with Gasteiger partial charge in [-0.3, -0.25) is 4.99 Å². The zero-order chi connectivity index (χ0) is 23.3. The second kappa shape index (κ2) is 8.41. The maximum Gasteiger partial charge on any atom is 0.169 e. The van der Waals surface area contributed by atoms with Crippen molar-refractivity contribution >= 4 is 45.1 Å². The van der Waals surface area contributed by atoms with Gasteiger partial charge in [0.25, 0.3) is 0 Å². The fourth-order valence-corrected chi connectivity index (χ4v) is 5.59. The summed E-state index contributed by atoms with van der Waals surface area (Å²) >= 11 is 0. The molecular formula is C25H30F2N6. The van der Waals surface area contributed by atoms with E-state index < -0.39 is 11.6 Å². The SMILES string of the molecule is C/C=C(\C=NCC)c1cnc2[nH]c3c(NC)cc(F)c(F)c3c2c1N1CC[C@@H]2CN(C)C[C@@H]21. The van der Waals surface area contributed by atoms with E-state index in [1.54, 1.807) is 7.05 Å². The topological polar surface area (TPSA) is 59.6 Å². The highest BCUT2D eigenvalue weighted by molar-refractivity contribution is 6.21. The molecule has 3 aromatic rings. The summed E-state index contributed by atoms with van der Waals surface area (Å²) in [6.45, 7) is 7.50. The van der Waals surface area contributed by atoms with Gasteiger partial charge < -0.3 is 20.1 Å². The molecule has 8 heteroatoms. The number of nitrogens with zero attached hydrogens (tertiary/aromatic N) is 4. The Morgan fingerprint density at radius 3 is 2.88 bits per heavy atom. The van der Waals surface area contributed by atoms with E-state index in [4.69, 9.17) is 0 Å². The van der Waals surface area contributed by atoms with Crippen LogP contribution in [-0.2, 0) is 0 Å². The molecule has 2 N–H and O–H groups in total. The second-order valence-electron chi connectivity index (χ2n) is 8.99. The third-order valence-corrected chi connectivity index (χ3v) is 7.09. The second-order valence-corrected chi connectivity index (χ2v) is 8.99. The summed E-state index contributed by atoms with van der Waals surface area (Å²) in [5.74, 6) is -1.16. The summed E-state index contributed by atoms with van der Waals surface area (Å²) in [4.78, 5) is 17.1. The van der Waals surface area contributed by atoms with Crippen molar-refractivity contribution in [3.8, 4) is 0 Å². The standard InChI is InChI=1S/C25H30F2N6/c1-5-14(10-29-6-2)16-11-30-25-21(20-22(27)17(26)9-18(28-3)23(20)31-25)24(16)33-8-7-15-12-32(4)13-19(15)33/h5,9-11,15,19,28H,6-8,12-13H2,1-4H3,(H,30,31)/b14-5+,29-10?/t15-,19+/m1/s1. The molecule has 2 aromatic heterocycles. The molecule has 2 saturated heterocycles. The predicted molar refractivity (Wildman–Crippen MR) is 132 cm³/mol. The fraction of sp³-hybridized carbons (Fsp3) is 0.440. The Morgan fingerprint density at radius 1 is 1.33 bits per heavy atom. The van der Waals surface area contributed by atoms with Gasteiger partial charge in [0.15, 0.2) is 11.6 Å². The highest BCUT2D eigenvalue weighted by atomic mass is 19.2. The number of aliphatic imine (C=N–C) groups is 1. The van der Waals surface area contributed by atoms with E-state index in [9.17, 15) is 4.39 Å². The van der Waals surface area contributed by atoms with Crippen LogP contribution in [0.3, 0.4) is 0 Å². The zero-order valence-electron chi connectivity index (χ0n) is 19.5. The van der Waals surface area contributed by atoms with Crippen molar-refractivity contribution in [2.45, 2.75) is 26.3 Å². The van der Waals surface area contributed by atoms with E-state index in [1.807, 2.05) is 32.3 Å². The first kappa shape index (κ1) is 21.8. The first-order valence-electron chi connectivity index (χ1n) is 11.6. The van der Waals surface area contributed by atoms with E-state index in [1.165, 1.54) is 6.07 Å². The number of halogens is 2. The highest BCUT2D eigenvalue weighted by Gasteiger charge is 2.42. The molecule has 2 aliphatic heterocycles.